The fraction of sp³-hybridized carbons (Fsp3) is 0.391. The molecule has 2 aromatic rings. The first-order chi connectivity index (χ1) is 13.8. The van der Waals surface area contributed by atoms with Crippen LogP contribution in [-0.4, -0.2) is 58.5 Å². The number of carbonyl (C=O) groups is 1. The largest absolute Gasteiger partial charge is 0.377 e. The van der Waals surface area contributed by atoms with Gasteiger partial charge in [0.2, 0.25) is 0 Å². The summed E-state index contributed by atoms with van der Waals surface area (Å²) in [5.74, 6) is 0.780. The van der Waals surface area contributed by atoms with Gasteiger partial charge in [-0.1, -0.05) is 24.3 Å². The molecule has 0 atom stereocenters. The highest BCUT2D eigenvalue weighted by atomic mass is 16.2. The third-order valence-electron chi connectivity index (χ3n) is 4.68. The number of benzene rings is 2. The summed E-state index contributed by atoms with van der Waals surface area (Å²) in [7, 11) is 9.42. The van der Waals surface area contributed by atoms with Crippen molar-refractivity contribution < 1.29 is 4.79 Å². The van der Waals surface area contributed by atoms with E-state index in [9.17, 15) is 4.79 Å². The lowest BCUT2D eigenvalue weighted by Gasteiger charge is -2.19. The van der Waals surface area contributed by atoms with E-state index in [1.807, 2.05) is 24.3 Å². The molecule has 0 aliphatic carbocycles. The standard InChI is InChI=1S/C23H33N5O/c1-17-10-11-20(21(14-17)27(3)4)16-26-23(24-2)25-13-12-18-8-7-9-19(15-18)22(29)28(5)6/h7-11,14-15H,12-13,16H2,1-6H3,(H2,24,25,26). The van der Waals surface area contributed by atoms with Gasteiger partial charge in [-0.15, -0.1) is 0 Å². The lowest BCUT2D eigenvalue weighted by molar-refractivity contribution is 0.0827. The van der Waals surface area contributed by atoms with Gasteiger partial charge in [0.25, 0.3) is 5.91 Å². The van der Waals surface area contributed by atoms with Crippen molar-refractivity contribution in [3.8, 4) is 0 Å². The minimum absolute atomic E-state index is 0.0204. The predicted octanol–water partition coefficient (Wildman–Crippen LogP) is 2.67. The van der Waals surface area contributed by atoms with E-state index in [1.165, 1.54) is 16.8 Å². The molecular formula is C23H33N5O. The summed E-state index contributed by atoms with van der Waals surface area (Å²) in [4.78, 5) is 20.2. The van der Waals surface area contributed by atoms with Crippen LogP contribution in [0.5, 0.6) is 0 Å². The fourth-order valence-corrected chi connectivity index (χ4v) is 3.08. The summed E-state index contributed by atoms with van der Waals surface area (Å²) in [6.07, 6.45) is 0.808. The molecule has 2 N–H and O–H groups in total. The molecule has 0 unspecified atom stereocenters. The van der Waals surface area contributed by atoms with Gasteiger partial charge in [-0.05, 0) is 48.2 Å². The number of nitrogens with zero attached hydrogens (tertiary/aromatic N) is 3. The summed E-state index contributed by atoms with van der Waals surface area (Å²) in [5, 5.41) is 6.73. The van der Waals surface area contributed by atoms with Crippen LogP contribution < -0.4 is 15.5 Å². The number of guanidine groups is 1. The molecule has 0 saturated carbocycles. The Morgan fingerprint density at radius 2 is 1.79 bits per heavy atom. The molecule has 0 aromatic heterocycles. The quantitative estimate of drug-likeness (QED) is 0.559. The molecular weight excluding hydrogens is 362 g/mol. The first-order valence-corrected chi connectivity index (χ1v) is 9.83. The van der Waals surface area contributed by atoms with Gasteiger partial charge in [-0.25, -0.2) is 0 Å². The SMILES string of the molecule is CN=C(NCCc1cccc(C(=O)N(C)C)c1)NCc1ccc(C)cc1N(C)C. The minimum Gasteiger partial charge on any atom is -0.377 e. The Kier molecular flexibility index (Phi) is 8.07. The van der Waals surface area contributed by atoms with Crippen LogP contribution in [0.3, 0.4) is 0 Å². The number of hydrogen-bond acceptors (Lipinski definition) is 3. The summed E-state index contributed by atoms with van der Waals surface area (Å²) >= 11 is 0. The summed E-state index contributed by atoms with van der Waals surface area (Å²) in [6.45, 7) is 3.53. The summed E-state index contributed by atoms with van der Waals surface area (Å²) in [6, 6.07) is 14.2. The first kappa shape index (κ1) is 22.3. The van der Waals surface area contributed by atoms with Crippen LogP contribution in [0.25, 0.3) is 0 Å². The van der Waals surface area contributed by atoms with Crippen molar-refractivity contribution in [1.82, 2.24) is 15.5 Å². The van der Waals surface area contributed by atoms with Gasteiger partial charge < -0.3 is 20.4 Å². The molecule has 0 spiro atoms. The zero-order valence-electron chi connectivity index (χ0n) is 18.4. The molecule has 0 bridgehead atoms. The van der Waals surface area contributed by atoms with Crippen LogP contribution >= 0.6 is 0 Å². The monoisotopic (exact) mass is 395 g/mol. The van der Waals surface area contributed by atoms with E-state index in [-0.39, 0.29) is 5.91 Å². The Balaban J connectivity index is 1.91. The molecule has 0 aliphatic rings. The smallest absolute Gasteiger partial charge is 0.253 e. The third-order valence-corrected chi connectivity index (χ3v) is 4.68. The van der Waals surface area contributed by atoms with Crippen LogP contribution in [0, 0.1) is 6.92 Å². The topological polar surface area (TPSA) is 60.0 Å². The normalized spacial score (nSPS) is 11.2. The van der Waals surface area contributed by atoms with E-state index in [0.717, 1.165) is 24.5 Å². The Bertz CT molecular complexity index is 858. The lowest BCUT2D eigenvalue weighted by atomic mass is 10.1. The Morgan fingerprint density at radius 1 is 1.03 bits per heavy atom. The van der Waals surface area contributed by atoms with Crippen LogP contribution in [0.15, 0.2) is 47.5 Å². The number of aryl methyl sites for hydroxylation is 1. The number of carbonyl (C=O) groups excluding carboxylic acids is 1. The minimum atomic E-state index is 0.0204. The number of rotatable bonds is 7. The van der Waals surface area contributed by atoms with Crippen LogP contribution in [0.2, 0.25) is 0 Å². The highest BCUT2D eigenvalue weighted by molar-refractivity contribution is 5.94. The Hall–Kier alpha value is -3.02. The molecule has 0 aliphatic heterocycles. The van der Waals surface area contributed by atoms with Crippen molar-refractivity contribution in [3.63, 3.8) is 0 Å². The maximum atomic E-state index is 12.1. The van der Waals surface area contributed by atoms with E-state index in [0.29, 0.717) is 12.1 Å². The second-order valence-electron chi connectivity index (χ2n) is 7.53. The zero-order valence-corrected chi connectivity index (χ0v) is 18.4. The van der Waals surface area contributed by atoms with E-state index in [4.69, 9.17) is 0 Å². The highest BCUT2D eigenvalue weighted by Crippen LogP contribution is 2.20. The molecule has 6 nitrogen and oxygen atoms in total. The molecule has 0 heterocycles. The van der Waals surface area contributed by atoms with Crippen molar-refractivity contribution >= 4 is 17.6 Å². The first-order valence-electron chi connectivity index (χ1n) is 9.83. The molecule has 0 radical (unpaired) electrons. The molecule has 0 fully saturated rings. The van der Waals surface area contributed by atoms with Crippen molar-refractivity contribution in [2.45, 2.75) is 19.9 Å². The predicted molar refractivity (Wildman–Crippen MR) is 122 cm³/mol. The van der Waals surface area contributed by atoms with E-state index < -0.39 is 0 Å². The van der Waals surface area contributed by atoms with Crippen molar-refractivity contribution in [2.24, 2.45) is 4.99 Å². The molecule has 6 heteroatoms. The van der Waals surface area contributed by atoms with E-state index in [1.54, 1.807) is 26.0 Å². The molecule has 29 heavy (non-hydrogen) atoms. The molecule has 156 valence electrons. The number of amides is 1. The number of anilines is 1. The van der Waals surface area contributed by atoms with Crippen LogP contribution in [0.4, 0.5) is 5.69 Å². The number of aliphatic imine (C=N–C) groups is 1. The molecule has 2 rings (SSSR count). The van der Waals surface area contributed by atoms with E-state index >= 15 is 0 Å². The second-order valence-corrected chi connectivity index (χ2v) is 7.53. The average Bonchev–Trinajstić information content (AvgIpc) is 2.70. The molecule has 0 saturated heterocycles. The lowest BCUT2D eigenvalue weighted by Crippen LogP contribution is -2.38. The van der Waals surface area contributed by atoms with Gasteiger partial charge in [0.15, 0.2) is 5.96 Å². The maximum absolute atomic E-state index is 12.1. The fourth-order valence-electron chi connectivity index (χ4n) is 3.08. The number of nitrogens with one attached hydrogen (secondary N) is 2. The van der Waals surface area contributed by atoms with Gasteiger partial charge in [-0.3, -0.25) is 9.79 Å². The van der Waals surface area contributed by atoms with Gasteiger partial charge >= 0.3 is 0 Å². The number of hydrogen-bond donors (Lipinski definition) is 2. The Morgan fingerprint density at radius 3 is 2.45 bits per heavy atom. The van der Waals surface area contributed by atoms with Crippen molar-refractivity contribution in [1.29, 1.82) is 0 Å². The summed E-state index contributed by atoms with van der Waals surface area (Å²) in [5.41, 5.74) is 5.50. The molecule has 1 amide bonds. The van der Waals surface area contributed by atoms with E-state index in [2.05, 4.69) is 59.7 Å². The Labute approximate surface area is 174 Å². The maximum Gasteiger partial charge on any atom is 0.253 e. The third kappa shape index (κ3) is 6.52. The second kappa shape index (κ2) is 10.5. The zero-order chi connectivity index (χ0) is 21.4. The molecule has 2 aromatic carbocycles. The van der Waals surface area contributed by atoms with Crippen molar-refractivity contribution in [3.05, 3.63) is 64.7 Å². The average molecular weight is 396 g/mol. The summed E-state index contributed by atoms with van der Waals surface area (Å²) < 4.78 is 0. The van der Waals surface area contributed by atoms with Gasteiger partial charge in [0, 0.05) is 59.6 Å². The van der Waals surface area contributed by atoms with Gasteiger partial charge in [-0.2, -0.15) is 0 Å². The van der Waals surface area contributed by atoms with Crippen molar-refractivity contribution in [2.75, 3.05) is 46.7 Å². The van der Waals surface area contributed by atoms with Crippen LogP contribution in [0.1, 0.15) is 27.0 Å². The highest BCUT2D eigenvalue weighted by Gasteiger charge is 2.09. The van der Waals surface area contributed by atoms with Gasteiger partial charge in [0.05, 0.1) is 0 Å². The van der Waals surface area contributed by atoms with Gasteiger partial charge in [0.1, 0.15) is 0 Å². The van der Waals surface area contributed by atoms with Crippen LogP contribution in [-0.2, 0) is 13.0 Å².